The first-order valence-corrected chi connectivity index (χ1v) is 10.1. The quantitative estimate of drug-likeness (QED) is 0.473. The minimum Gasteiger partial charge on any atom is -0.482 e. The van der Waals surface area contributed by atoms with Crippen molar-refractivity contribution < 1.29 is 28.3 Å². The summed E-state index contributed by atoms with van der Waals surface area (Å²) in [4.78, 5) is 28.1. The molecule has 0 radical (unpaired) electrons. The molecule has 2 amide bonds. The molecule has 0 aliphatic carbocycles. The van der Waals surface area contributed by atoms with Crippen LogP contribution < -0.4 is 24.8 Å². The molecule has 1 aliphatic heterocycles. The maximum Gasteiger partial charge on any atom is 0.316 e. The maximum atomic E-state index is 12.2. The van der Waals surface area contributed by atoms with Crippen LogP contribution in [0.3, 0.4) is 0 Å². The van der Waals surface area contributed by atoms with Crippen molar-refractivity contribution >= 4 is 35.0 Å². The van der Waals surface area contributed by atoms with Crippen molar-refractivity contribution in [1.29, 1.82) is 0 Å². The molecule has 3 aromatic rings. The number of hydrogen-bond acceptors (Lipinski definition) is 8. The molecular formula is C20H16Cl2N4O6. The normalized spacial score (nSPS) is 11.8. The standard InChI is InChI=1S/C20H16Cl2N4O6/c21-12-2-4-14(13(22)8-12)29-9-17(27)23-5-6-24-19(28)20-25-18(26-32-20)11-1-3-15-16(7-11)31-10-30-15/h1-4,7-8H,5-6,9-10H2,(H,23,27)(H,24,28). The van der Waals surface area contributed by atoms with E-state index < -0.39 is 5.91 Å². The molecule has 0 bridgehead atoms. The van der Waals surface area contributed by atoms with E-state index in [4.69, 9.17) is 41.9 Å². The molecule has 32 heavy (non-hydrogen) atoms. The second kappa shape index (κ2) is 9.75. The highest BCUT2D eigenvalue weighted by Crippen LogP contribution is 2.35. The number of nitrogens with zero attached hydrogens (tertiary/aromatic N) is 2. The molecule has 166 valence electrons. The Hall–Kier alpha value is -3.50. The molecule has 0 unspecified atom stereocenters. The van der Waals surface area contributed by atoms with Gasteiger partial charge in [-0.3, -0.25) is 9.59 Å². The third kappa shape index (κ3) is 5.21. The summed E-state index contributed by atoms with van der Waals surface area (Å²) < 4.78 is 20.9. The molecule has 0 spiro atoms. The summed E-state index contributed by atoms with van der Waals surface area (Å²) in [5.41, 5.74) is 0.616. The molecule has 1 aromatic heterocycles. The molecule has 12 heteroatoms. The van der Waals surface area contributed by atoms with Crippen LogP contribution >= 0.6 is 23.2 Å². The van der Waals surface area contributed by atoms with Gasteiger partial charge in [-0.1, -0.05) is 28.4 Å². The fraction of sp³-hybridized carbons (Fsp3) is 0.200. The summed E-state index contributed by atoms with van der Waals surface area (Å²) in [5.74, 6) is 0.616. The highest BCUT2D eigenvalue weighted by Gasteiger charge is 2.19. The van der Waals surface area contributed by atoms with Crippen molar-refractivity contribution in [3.63, 3.8) is 0 Å². The lowest BCUT2D eigenvalue weighted by Crippen LogP contribution is -2.36. The zero-order valence-electron chi connectivity index (χ0n) is 16.4. The lowest BCUT2D eigenvalue weighted by molar-refractivity contribution is -0.123. The van der Waals surface area contributed by atoms with Crippen LogP contribution in [0.2, 0.25) is 10.0 Å². The fourth-order valence-corrected chi connectivity index (χ4v) is 3.17. The van der Waals surface area contributed by atoms with Gasteiger partial charge in [0.05, 0.1) is 5.02 Å². The molecule has 2 aromatic carbocycles. The van der Waals surface area contributed by atoms with E-state index in [9.17, 15) is 9.59 Å². The van der Waals surface area contributed by atoms with Gasteiger partial charge in [-0.2, -0.15) is 4.98 Å². The third-order valence-electron chi connectivity index (χ3n) is 4.24. The zero-order chi connectivity index (χ0) is 22.5. The number of nitrogens with one attached hydrogen (secondary N) is 2. The van der Waals surface area contributed by atoms with Gasteiger partial charge in [0.2, 0.25) is 12.6 Å². The first-order chi connectivity index (χ1) is 15.5. The van der Waals surface area contributed by atoms with Crippen molar-refractivity contribution in [2.24, 2.45) is 0 Å². The number of carbonyl (C=O) groups is 2. The lowest BCUT2D eigenvalue weighted by atomic mass is 10.2. The fourth-order valence-electron chi connectivity index (χ4n) is 2.71. The van der Waals surface area contributed by atoms with E-state index >= 15 is 0 Å². The number of aromatic nitrogens is 2. The summed E-state index contributed by atoms with van der Waals surface area (Å²) in [6.45, 7) is 0.230. The highest BCUT2D eigenvalue weighted by molar-refractivity contribution is 6.35. The Kier molecular flexibility index (Phi) is 6.62. The predicted octanol–water partition coefficient (Wildman–Crippen LogP) is 2.70. The Morgan fingerprint density at radius 3 is 2.69 bits per heavy atom. The second-order valence-electron chi connectivity index (χ2n) is 6.46. The van der Waals surface area contributed by atoms with Crippen LogP contribution in [0.25, 0.3) is 11.4 Å². The monoisotopic (exact) mass is 478 g/mol. The average molecular weight is 479 g/mol. The van der Waals surface area contributed by atoms with Gasteiger partial charge in [0, 0.05) is 23.7 Å². The smallest absolute Gasteiger partial charge is 0.316 e. The molecule has 0 atom stereocenters. The van der Waals surface area contributed by atoms with Gasteiger partial charge in [-0.05, 0) is 36.4 Å². The van der Waals surface area contributed by atoms with E-state index in [0.29, 0.717) is 32.9 Å². The van der Waals surface area contributed by atoms with Gasteiger partial charge in [-0.25, -0.2) is 0 Å². The van der Waals surface area contributed by atoms with Gasteiger partial charge in [-0.15, -0.1) is 0 Å². The Morgan fingerprint density at radius 1 is 1.03 bits per heavy atom. The van der Waals surface area contributed by atoms with Crippen LogP contribution in [0.5, 0.6) is 17.2 Å². The van der Waals surface area contributed by atoms with Crippen molar-refractivity contribution in [2.45, 2.75) is 0 Å². The van der Waals surface area contributed by atoms with Crippen molar-refractivity contribution in [1.82, 2.24) is 20.8 Å². The van der Waals surface area contributed by atoms with E-state index in [2.05, 4.69) is 20.8 Å². The zero-order valence-corrected chi connectivity index (χ0v) is 17.9. The minimum absolute atomic E-state index is 0.147. The van der Waals surface area contributed by atoms with Crippen LogP contribution in [0.1, 0.15) is 10.7 Å². The van der Waals surface area contributed by atoms with Gasteiger partial charge >= 0.3 is 11.8 Å². The van der Waals surface area contributed by atoms with E-state index in [0.717, 1.165) is 0 Å². The van der Waals surface area contributed by atoms with Crippen LogP contribution in [0, 0.1) is 0 Å². The topological polar surface area (TPSA) is 125 Å². The van der Waals surface area contributed by atoms with Gasteiger partial charge in [0.1, 0.15) is 5.75 Å². The Morgan fingerprint density at radius 2 is 1.84 bits per heavy atom. The van der Waals surface area contributed by atoms with Crippen molar-refractivity contribution in [3.05, 3.63) is 52.3 Å². The number of amides is 2. The molecule has 10 nitrogen and oxygen atoms in total. The molecule has 0 saturated heterocycles. The molecule has 1 aliphatic rings. The van der Waals surface area contributed by atoms with Crippen molar-refractivity contribution in [2.75, 3.05) is 26.5 Å². The number of rotatable bonds is 8. The van der Waals surface area contributed by atoms with E-state index in [1.807, 2.05) is 0 Å². The summed E-state index contributed by atoms with van der Waals surface area (Å²) in [6.07, 6.45) is 0. The molecule has 0 saturated carbocycles. The number of hydrogen-bond donors (Lipinski definition) is 2. The Labute approximate surface area is 191 Å². The van der Waals surface area contributed by atoms with Crippen LogP contribution in [0.15, 0.2) is 40.9 Å². The number of fused-ring (bicyclic) bond motifs is 1. The second-order valence-corrected chi connectivity index (χ2v) is 7.30. The Bertz CT molecular complexity index is 1150. The molecule has 4 rings (SSSR count). The minimum atomic E-state index is -0.567. The first-order valence-electron chi connectivity index (χ1n) is 9.36. The first kappa shape index (κ1) is 21.7. The lowest BCUT2D eigenvalue weighted by Gasteiger charge is -2.09. The van der Waals surface area contributed by atoms with E-state index in [-0.39, 0.29) is 44.1 Å². The average Bonchev–Trinajstić information content (AvgIpc) is 3.45. The molecule has 2 N–H and O–H groups in total. The molecular weight excluding hydrogens is 463 g/mol. The largest absolute Gasteiger partial charge is 0.482 e. The molecule has 2 heterocycles. The summed E-state index contributed by atoms with van der Waals surface area (Å²) in [6, 6.07) is 9.84. The van der Waals surface area contributed by atoms with Crippen LogP contribution in [-0.4, -0.2) is 48.4 Å². The number of ether oxygens (including phenoxy) is 3. The number of halogens is 2. The molecule has 0 fully saturated rings. The number of benzene rings is 2. The third-order valence-corrected chi connectivity index (χ3v) is 4.77. The SMILES string of the molecule is O=C(COc1ccc(Cl)cc1Cl)NCCNC(=O)c1nc(-c2ccc3c(c2)OCO3)no1. The summed E-state index contributed by atoms with van der Waals surface area (Å²) >= 11 is 11.8. The summed E-state index contributed by atoms with van der Waals surface area (Å²) in [5, 5.41) is 9.76. The van der Waals surface area contributed by atoms with E-state index in [1.54, 1.807) is 30.3 Å². The van der Waals surface area contributed by atoms with Crippen molar-refractivity contribution in [3.8, 4) is 28.6 Å². The maximum absolute atomic E-state index is 12.2. The Balaban J connectivity index is 1.20. The van der Waals surface area contributed by atoms with Gasteiger partial charge in [0.25, 0.3) is 5.91 Å². The van der Waals surface area contributed by atoms with Gasteiger partial charge < -0.3 is 29.4 Å². The van der Waals surface area contributed by atoms with E-state index in [1.165, 1.54) is 6.07 Å². The number of carbonyl (C=O) groups excluding carboxylic acids is 2. The highest BCUT2D eigenvalue weighted by atomic mass is 35.5. The summed E-state index contributed by atoms with van der Waals surface area (Å²) in [7, 11) is 0. The van der Waals surface area contributed by atoms with Crippen LogP contribution in [0.4, 0.5) is 0 Å². The predicted molar refractivity (Wildman–Crippen MR) is 113 cm³/mol. The van der Waals surface area contributed by atoms with Crippen LogP contribution in [-0.2, 0) is 4.79 Å². The van der Waals surface area contributed by atoms with Gasteiger partial charge in [0.15, 0.2) is 18.1 Å².